The number of imide groups is 1. The van der Waals surface area contributed by atoms with Gasteiger partial charge in [0.1, 0.15) is 0 Å². The first-order valence-electron chi connectivity index (χ1n) is 11.2. The number of carbonyl (C=O) groups excluding carboxylic acids is 3. The number of benzene rings is 5. The molecule has 1 aliphatic heterocycles. The molecule has 7 nitrogen and oxygen atoms in total. The Balaban J connectivity index is 1.49. The summed E-state index contributed by atoms with van der Waals surface area (Å²) < 4.78 is 0. The maximum atomic E-state index is 13.6. The van der Waals surface area contributed by atoms with Gasteiger partial charge in [0.2, 0.25) is 0 Å². The third-order valence-electron chi connectivity index (χ3n) is 6.46. The number of ketones is 1. The Morgan fingerprint density at radius 2 is 1.44 bits per heavy atom. The highest BCUT2D eigenvalue weighted by Gasteiger charge is 2.35. The van der Waals surface area contributed by atoms with Crippen molar-refractivity contribution in [2.75, 3.05) is 4.90 Å². The molecule has 5 aromatic carbocycles. The number of amides is 2. The normalized spacial score (nSPS) is 12.8. The van der Waals surface area contributed by atoms with Gasteiger partial charge in [-0.3, -0.25) is 24.5 Å². The maximum absolute atomic E-state index is 13.6. The van der Waals surface area contributed by atoms with Crippen LogP contribution in [0.3, 0.4) is 0 Å². The lowest BCUT2D eigenvalue weighted by molar-refractivity contribution is -0.384. The van der Waals surface area contributed by atoms with Gasteiger partial charge in [0.05, 0.1) is 10.6 Å². The Hall–Kier alpha value is -5.17. The average Bonchev–Trinajstić information content (AvgIpc) is 2.91. The number of non-ortho nitro benzene ring substituents is 1. The summed E-state index contributed by atoms with van der Waals surface area (Å²) in [7, 11) is 0. The molecule has 0 atom stereocenters. The molecule has 7 heteroatoms. The molecule has 0 radical (unpaired) electrons. The van der Waals surface area contributed by atoms with Crippen molar-refractivity contribution in [3.8, 4) is 0 Å². The molecule has 0 N–H and O–H groups in total. The topological polar surface area (TPSA) is 97.6 Å². The average molecular weight is 472 g/mol. The van der Waals surface area contributed by atoms with Gasteiger partial charge in [-0.05, 0) is 46.5 Å². The van der Waals surface area contributed by atoms with Crippen molar-refractivity contribution < 1.29 is 19.3 Å². The van der Waals surface area contributed by atoms with Gasteiger partial charge >= 0.3 is 0 Å². The molecule has 0 saturated heterocycles. The van der Waals surface area contributed by atoms with E-state index in [9.17, 15) is 24.5 Å². The number of nitro benzene ring substituents is 1. The van der Waals surface area contributed by atoms with Gasteiger partial charge in [0.15, 0.2) is 5.78 Å². The van der Waals surface area contributed by atoms with Crippen LogP contribution in [0.1, 0.15) is 36.6 Å². The first-order valence-corrected chi connectivity index (χ1v) is 11.2. The van der Waals surface area contributed by atoms with Gasteiger partial charge in [-0.15, -0.1) is 0 Å². The van der Waals surface area contributed by atoms with E-state index in [1.807, 2.05) is 30.3 Å². The molecule has 1 heterocycles. The van der Waals surface area contributed by atoms with E-state index >= 15 is 0 Å². The Kier molecular flexibility index (Phi) is 4.72. The van der Waals surface area contributed by atoms with Crippen LogP contribution in [-0.4, -0.2) is 22.5 Å². The first kappa shape index (κ1) is 21.4. The van der Waals surface area contributed by atoms with E-state index in [1.165, 1.54) is 30.3 Å². The standard InChI is InChI=1S/C29H16N2O5/c32-27(19-7-3-8-21(16-19)31(35)36)23-13-14-25-26-22(23)9-4-10-24(26)28(33)30(29(25)34)20-12-11-17-5-1-2-6-18(17)15-20/h1-16H. The van der Waals surface area contributed by atoms with Crippen molar-refractivity contribution >= 4 is 50.5 Å². The van der Waals surface area contributed by atoms with E-state index in [0.717, 1.165) is 15.7 Å². The van der Waals surface area contributed by atoms with E-state index < -0.39 is 22.5 Å². The lowest BCUT2D eigenvalue weighted by Gasteiger charge is -2.28. The van der Waals surface area contributed by atoms with Crippen LogP contribution in [0.25, 0.3) is 21.5 Å². The molecule has 1 aliphatic rings. The highest BCUT2D eigenvalue weighted by atomic mass is 16.6. The van der Waals surface area contributed by atoms with Gasteiger partial charge in [-0.1, -0.05) is 54.6 Å². The van der Waals surface area contributed by atoms with Crippen molar-refractivity contribution in [2.24, 2.45) is 0 Å². The molecule has 6 rings (SSSR count). The van der Waals surface area contributed by atoms with Crippen LogP contribution in [0.4, 0.5) is 11.4 Å². The summed E-state index contributed by atoms with van der Waals surface area (Å²) in [5.74, 6) is -1.39. The van der Waals surface area contributed by atoms with E-state index in [1.54, 1.807) is 36.4 Å². The van der Waals surface area contributed by atoms with Gasteiger partial charge in [0, 0.05) is 39.8 Å². The van der Waals surface area contributed by atoms with Crippen molar-refractivity contribution in [1.82, 2.24) is 0 Å². The highest BCUT2D eigenvalue weighted by molar-refractivity contribution is 6.37. The molecule has 36 heavy (non-hydrogen) atoms. The van der Waals surface area contributed by atoms with E-state index in [-0.39, 0.29) is 16.8 Å². The summed E-state index contributed by atoms with van der Waals surface area (Å²) in [5, 5.41) is 13.9. The number of fused-ring (bicyclic) bond motifs is 1. The number of hydrogen-bond donors (Lipinski definition) is 0. The van der Waals surface area contributed by atoms with Crippen molar-refractivity contribution in [2.45, 2.75) is 0 Å². The van der Waals surface area contributed by atoms with Crippen LogP contribution in [-0.2, 0) is 0 Å². The van der Waals surface area contributed by atoms with E-state index in [0.29, 0.717) is 27.6 Å². The molecule has 0 aliphatic carbocycles. The second-order valence-electron chi connectivity index (χ2n) is 8.50. The minimum atomic E-state index is -0.562. The Morgan fingerprint density at radius 1 is 0.722 bits per heavy atom. The fourth-order valence-corrected chi connectivity index (χ4v) is 4.76. The number of anilines is 1. The van der Waals surface area contributed by atoms with Gasteiger partial charge in [0.25, 0.3) is 17.5 Å². The molecule has 0 bridgehead atoms. The van der Waals surface area contributed by atoms with E-state index in [2.05, 4.69) is 0 Å². The summed E-state index contributed by atoms with van der Waals surface area (Å²) in [6, 6.07) is 26.6. The van der Waals surface area contributed by atoms with E-state index in [4.69, 9.17) is 0 Å². The summed E-state index contributed by atoms with van der Waals surface area (Å²) in [5.41, 5.74) is 1.29. The summed E-state index contributed by atoms with van der Waals surface area (Å²) >= 11 is 0. The summed E-state index contributed by atoms with van der Waals surface area (Å²) in [4.78, 5) is 52.2. The molecular formula is C29H16N2O5. The minimum absolute atomic E-state index is 0.149. The Morgan fingerprint density at radius 3 is 2.22 bits per heavy atom. The zero-order valence-electron chi connectivity index (χ0n) is 18.7. The molecule has 172 valence electrons. The van der Waals surface area contributed by atoms with Gasteiger partial charge in [-0.25, -0.2) is 4.90 Å². The fraction of sp³-hybridized carbons (Fsp3) is 0. The number of carbonyl (C=O) groups is 3. The molecule has 0 fully saturated rings. The lowest BCUT2D eigenvalue weighted by Crippen LogP contribution is -2.40. The van der Waals surface area contributed by atoms with Gasteiger partial charge in [-0.2, -0.15) is 0 Å². The zero-order chi connectivity index (χ0) is 25.0. The number of nitrogens with zero attached hydrogens (tertiary/aromatic N) is 2. The fourth-order valence-electron chi connectivity index (χ4n) is 4.76. The van der Waals surface area contributed by atoms with Crippen molar-refractivity contribution in [3.05, 3.63) is 129 Å². The molecule has 0 aromatic heterocycles. The first-order chi connectivity index (χ1) is 17.4. The largest absolute Gasteiger partial charge is 0.289 e. The molecule has 5 aromatic rings. The third kappa shape index (κ3) is 3.18. The second kappa shape index (κ2) is 7.95. The predicted octanol–water partition coefficient (Wildman–Crippen LogP) is 5.93. The van der Waals surface area contributed by atoms with Crippen LogP contribution < -0.4 is 4.90 Å². The summed E-state index contributed by atoms with van der Waals surface area (Å²) in [6.07, 6.45) is 0. The smallest absolute Gasteiger partial charge is 0.270 e. The molecule has 0 saturated carbocycles. The van der Waals surface area contributed by atoms with Crippen LogP contribution in [0.2, 0.25) is 0 Å². The third-order valence-corrected chi connectivity index (χ3v) is 6.46. The number of hydrogen-bond acceptors (Lipinski definition) is 5. The van der Waals surface area contributed by atoms with Crippen LogP contribution in [0.15, 0.2) is 97.1 Å². The highest BCUT2D eigenvalue weighted by Crippen LogP contribution is 2.36. The Labute approximate surface area is 204 Å². The summed E-state index contributed by atoms with van der Waals surface area (Å²) in [6.45, 7) is 0. The zero-order valence-corrected chi connectivity index (χ0v) is 18.7. The number of nitro groups is 1. The molecular weight excluding hydrogens is 456 g/mol. The molecule has 0 spiro atoms. The van der Waals surface area contributed by atoms with Crippen LogP contribution in [0.5, 0.6) is 0 Å². The van der Waals surface area contributed by atoms with Crippen LogP contribution >= 0.6 is 0 Å². The quantitative estimate of drug-likeness (QED) is 0.140. The SMILES string of the molecule is O=C(c1cccc([N+](=O)[O-])c1)c1ccc2c3c(cccc13)C(=O)N(c1ccc3ccccc3c1)C2=O. The van der Waals surface area contributed by atoms with Crippen molar-refractivity contribution in [1.29, 1.82) is 0 Å². The predicted molar refractivity (Wildman–Crippen MR) is 136 cm³/mol. The lowest BCUT2D eigenvalue weighted by atomic mass is 9.88. The van der Waals surface area contributed by atoms with Crippen molar-refractivity contribution in [3.63, 3.8) is 0 Å². The minimum Gasteiger partial charge on any atom is -0.289 e. The maximum Gasteiger partial charge on any atom is 0.270 e. The molecule has 2 amide bonds. The number of rotatable bonds is 4. The monoisotopic (exact) mass is 472 g/mol. The van der Waals surface area contributed by atoms with Gasteiger partial charge < -0.3 is 0 Å². The second-order valence-corrected chi connectivity index (χ2v) is 8.50. The molecule has 0 unspecified atom stereocenters. The van der Waals surface area contributed by atoms with Crippen LogP contribution in [0, 0.1) is 10.1 Å². The Bertz CT molecular complexity index is 1770.